The van der Waals surface area contributed by atoms with Crippen molar-refractivity contribution in [3.63, 3.8) is 0 Å². The van der Waals surface area contributed by atoms with E-state index >= 15 is 0 Å². The maximum atomic E-state index is 13.5. The molecule has 0 unspecified atom stereocenters. The smallest absolute Gasteiger partial charge is 0.337 e. The Bertz CT molecular complexity index is 606. The summed E-state index contributed by atoms with van der Waals surface area (Å²) in [5.41, 5.74) is -0.333. The third kappa shape index (κ3) is 2.19. The second-order valence-corrected chi connectivity index (χ2v) is 4.00. The lowest BCUT2D eigenvalue weighted by Crippen LogP contribution is -1.99. The summed E-state index contributed by atoms with van der Waals surface area (Å²) in [6, 6.07) is 7.26. The van der Waals surface area contributed by atoms with E-state index in [0.717, 1.165) is 18.2 Å². The first-order valence-corrected chi connectivity index (χ1v) is 5.35. The average molecular weight is 269 g/mol. The number of hydrogen-bond donors (Lipinski definition) is 1. The number of carboxylic acids is 1. The highest BCUT2D eigenvalue weighted by Gasteiger charge is 2.15. The van der Waals surface area contributed by atoms with Crippen LogP contribution in [0.3, 0.4) is 0 Å². The van der Waals surface area contributed by atoms with Crippen molar-refractivity contribution in [2.45, 2.75) is 0 Å². The van der Waals surface area contributed by atoms with Crippen LogP contribution in [0.1, 0.15) is 10.4 Å². The van der Waals surface area contributed by atoms with Crippen molar-refractivity contribution in [1.29, 1.82) is 0 Å². The Morgan fingerprint density at radius 3 is 2.28 bits per heavy atom. The summed E-state index contributed by atoms with van der Waals surface area (Å²) in [4.78, 5) is 10.9. The van der Waals surface area contributed by atoms with Gasteiger partial charge >= 0.3 is 5.97 Å². The van der Waals surface area contributed by atoms with Crippen LogP contribution in [-0.2, 0) is 0 Å². The van der Waals surface area contributed by atoms with Gasteiger partial charge in [0.1, 0.15) is 11.6 Å². The highest BCUT2D eigenvalue weighted by molar-refractivity contribution is 6.33. The number of carboxylic acid groups (broad SMARTS) is 1. The van der Waals surface area contributed by atoms with Gasteiger partial charge in [-0.25, -0.2) is 13.6 Å². The molecular weight excluding hydrogens is 262 g/mol. The van der Waals surface area contributed by atoms with E-state index in [1.165, 1.54) is 18.2 Å². The number of rotatable bonds is 2. The van der Waals surface area contributed by atoms with Crippen molar-refractivity contribution in [2.75, 3.05) is 0 Å². The molecule has 5 heteroatoms. The van der Waals surface area contributed by atoms with Crippen molar-refractivity contribution in [1.82, 2.24) is 0 Å². The van der Waals surface area contributed by atoms with Gasteiger partial charge in [-0.1, -0.05) is 23.7 Å². The van der Waals surface area contributed by atoms with Gasteiger partial charge in [-0.05, 0) is 29.8 Å². The summed E-state index contributed by atoms with van der Waals surface area (Å²) in [5.74, 6) is -2.76. The number of hydrogen-bond acceptors (Lipinski definition) is 1. The van der Waals surface area contributed by atoms with Gasteiger partial charge in [0.25, 0.3) is 0 Å². The molecule has 92 valence electrons. The van der Waals surface area contributed by atoms with Gasteiger partial charge in [-0.2, -0.15) is 0 Å². The molecule has 18 heavy (non-hydrogen) atoms. The predicted octanol–water partition coefficient (Wildman–Crippen LogP) is 3.98. The molecule has 2 nitrogen and oxygen atoms in total. The van der Waals surface area contributed by atoms with Crippen LogP contribution in [0.2, 0.25) is 5.02 Å². The first-order chi connectivity index (χ1) is 8.50. The lowest BCUT2D eigenvalue weighted by Gasteiger charge is -2.07. The van der Waals surface area contributed by atoms with Crippen molar-refractivity contribution in [2.24, 2.45) is 0 Å². The maximum absolute atomic E-state index is 13.5. The molecule has 0 aromatic heterocycles. The number of halogens is 3. The Hall–Kier alpha value is -1.94. The summed E-state index contributed by atoms with van der Waals surface area (Å²) in [5, 5.41) is 8.92. The van der Waals surface area contributed by atoms with E-state index in [2.05, 4.69) is 0 Å². The molecule has 0 bridgehead atoms. The summed E-state index contributed by atoms with van der Waals surface area (Å²) < 4.78 is 27.1. The third-order valence-corrected chi connectivity index (χ3v) is 2.78. The molecule has 0 saturated carbocycles. The minimum atomic E-state index is -1.25. The summed E-state index contributed by atoms with van der Waals surface area (Å²) >= 11 is 5.69. The first kappa shape index (κ1) is 12.5. The Kier molecular flexibility index (Phi) is 3.30. The molecule has 0 aliphatic heterocycles. The third-order valence-electron chi connectivity index (χ3n) is 2.45. The minimum Gasteiger partial charge on any atom is -0.478 e. The molecule has 0 saturated heterocycles. The molecule has 0 heterocycles. The molecule has 0 amide bonds. The van der Waals surface area contributed by atoms with Gasteiger partial charge in [0, 0.05) is 0 Å². The number of aromatic carboxylic acids is 1. The molecule has 2 aromatic rings. The number of benzene rings is 2. The van der Waals surface area contributed by atoms with E-state index < -0.39 is 17.6 Å². The largest absolute Gasteiger partial charge is 0.478 e. The highest BCUT2D eigenvalue weighted by atomic mass is 35.5. The minimum absolute atomic E-state index is 0.0167. The highest BCUT2D eigenvalue weighted by Crippen LogP contribution is 2.29. The van der Waals surface area contributed by atoms with E-state index in [-0.39, 0.29) is 21.7 Å². The zero-order chi connectivity index (χ0) is 13.3. The van der Waals surface area contributed by atoms with Crippen LogP contribution >= 0.6 is 11.6 Å². The van der Waals surface area contributed by atoms with Crippen molar-refractivity contribution >= 4 is 17.6 Å². The van der Waals surface area contributed by atoms with Gasteiger partial charge < -0.3 is 5.11 Å². The first-order valence-electron chi connectivity index (χ1n) is 4.98. The van der Waals surface area contributed by atoms with Gasteiger partial charge in [0.15, 0.2) is 0 Å². The van der Waals surface area contributed by atoms with Crippen molar-refractivity contribution in [3.8, 4) is 11.1 Å². The molecule has 0 aliphatic carbocycles. The summed E-state index contributed by atoms with van der Waals surface area (Å²) in [6.45, 7) is 0. The second-order valence-electron chi connectivity index (χ2n) is 3.60. The molecular formula is C13H7ClF2O2. The zero-order valence-corrected chi connectivity index (χ0v) is 9.71. The van der Waals surface area contributed by atoms with Gasteiger partial charge in [0.2, 0.25) is 0 Å². The van der Waals surface area contributed by atoms with Crippen LogP contribution in [0.5, 0.6) is 0 Å². The van der Waals surface area contributed by atoms with Gasteiger partial charge in [-0.3, -0.25) is 0 Å². The fraction of sp³-hybridized carbons (Fsp3) is 0. The Morgan fingerprint density at radius 2 is 1.72 bits per heavy atom. The van der Waals surface area contributed by atoms with Crippen molar-refractivity contribution in [3.05, 3.63) is 58.6 Å². The summed E-state index contributed by atoms with van der Waals surface area (Å²) in [7, 11) is 0. The lowest BCUT2D eigenvalue weighted by molar-refractivity contribution is 0.0697. The fourth-order valence-electron chi connectivity index (χ4n) is 1.62. The molecule has 0 atom stereocenters. The van der Waals surface area contributed by atoms with E-state index in [0.29, 0.717) is 0 Å². The Morgan fingerprint density at radius 1 is 1.11 bits per heavy atom. The summed E-state index contributed by atoms with van der Waals surface area (Å²) in [6.07, 6.45) is 0. The number of carbonyl (C=O) groups is 1. The normalized spacial score (nSPS) is 10.4. The van der Waals surface area contributed by atoms with E-state index in [4.69, 9.17) is 16.7 Å². The quantitative estimate of drug-likeness (QED) is 0.894. The van der Waals surface area contributed by atoms with Gasteiger partial charge in [-0.15, -0.1) is 0 Å². The Balaban J connectivity index is 2.65. The topological polar surface area (TPSA) is 37.3 Å². The monoisotopic (exact) mass is 268 g/mol. The molecule has 2 rings (SSSR count). The average Bonchev–Trinajstić information content (AvgIpc) is 2.30. The predicted molar refractivity (Wildman–Crippen MR) is 63.8 cm³/mol. The second kappa shape index (κ2) is 4.74. The van der Waals surface area contributed by atoms with Crippen LogP contribution in [0, 0.1) is 11.6 Å². The van der Waals surface area contributed by atoms with Crippen LogP contribution < -0.4 is 0 Å². The van der Waals surface area contributed by atoms with E-state index in [1.54, 1.807) is 0 Å². The molecule has 0 aliphatic rings. The molecule has 0 spiro atoms. The van der Waals surface area contributed by atoms with E-state index in [9.17, 15) is 13.6 Å². The maximum Gasteiger partial charge on any atom is 0.337 e. The fourth-order valence-corrected chi connectivity index (χ4v) is 1.82. The van der Waals surface area contributed by atoms with Gasteiger partial charge in [0.05, 0.1) is 16.1 Å². The Labute approximate surface area is 106 Å². The van der Waals surface area contributed by atoms with Crippen LogP contribution in [0.25, 0.3) is 11.1 Å². The van der Waals surface area contributed by atoms with Crippen LogP contribution in [0.15, 0.2) is 36.4 Å². The lowest BCUT2D eigenvalue weighted by atomic mass is 10.0. The standard InChI is InChI=1S/C13H7ClF2O2/c14-9-5-4-7(6-8(9)13(17)18)12-10(15)2-1-3-11(12)16/h1-6H,(H,17,18). The SMILES string of the molecule is O=C(O)c1cc(-c2c(F)cccc2F)ccc1Cl. The molecule has 0 fully saturated rings. The van der Waals surface area contributed by atoms with Crippen LogP contribution in [0.4, 0.5) is 8.78 Å². The van der Waals surface area contributed by atoms with Crippen molar-refractivity contribution < 1.29 is 18.7 Å². The molecule has 1 N–H and O–H groups in total. The zero-order valence-electron chi connectivity index (χ0n) is 8.95. The molecule has 0 radical (unpaired) electrons. The van der Waals surface area contributed by atoms with Crippen LogP contribution in [-0.4, -0.2) is 11.1 Å². The molecule has 2 aromatic carbocycles. The van der Waals surface area contributed by atoms with E-state index in [1.807, 2.05) is 0 Å².